The molecule has 2 atom stereocenters. The second-order valence-electron chi connectivity index (χ2n) is 5.23. The lowest BCUT2D eigenvalue weighted by Gasteiger charge is -2.32. The van der Waals surface area contributed by atoms with Crippen LogP contribution < -0.4 is 0 Å². The van der Waals surface area contributed by atoms with Crippen molar-refractivity contribution in [2.24, 2.45) is 0 Å². The largest absolute Gasteiger partial charge is 0.334 e. The van der Waals surface area contributed by atoms with Crippen molar-refractivity contribution in [3.8, 4) is 0 Å². The van der Waals surface area contributed by atoms with Gasteiger partial charge in [0.25, 0.3) is 0 Å². The van der Waals surface area contributed by atoms with Crippen molar-refractivity contribution in [3.05, 3.63) is 71.8 Å². The SMILES string of the molecule is CC(=O)N(Cc1ccccc1)[C@@H](C)[C@H](S)c1ccccc1. The van der Waals surface area contributed by atoms with E-state index in [-0.39, 0.29) is 17.2 Å². The number of thiol groups is 1. The molecule has 0 bridgehead atoms. The molecule has 0 aromatic heterocycles. The van der Waals surface area contributed by atoms with Gasteiger partial charge >= 0.3 is 0 Å². The number of hydrogen-bond donors (Lipinski definition) is 1. The molecule has 0 unspecified atom stereocenters. The Morgan fingerprint density at radius 3 is 2.10 bits per heavy atom. The van der Waals surface area contributed by atoms with Gasteiger partial charge in [0.05, 0.1) is 0 Å². The zero-order valence-electron chi connectivity index (χ0n) is 12.4. The minimum absolute atomic E-state index is 0.00110. The molecular weight excluding hydrogens is 278 g/mol. The summed E-state index contributed by atoms with van der Waals surface area (Å²) in [7, 11) is 0. The first kappa shape index (κ1) is 15.6. The number of carbonyl (C=O) groups is 1. The predicted octanol–water partition coefficient (Wildman–Crippen LogP) is 4.09. The first-order valence-electron chi connectivity index (χ1n) is 7.13. The van der Waals surface area contributed by atoms with Crippen molar-refractivity contribution < 1.29 is 4.79 Å². The van der Waals surface area contributed by atoms with Gasteiger partial charge in [-0.25, -0.2) is 0 Å². The van der Waals surface area contributed by atoms with Crippen molar-refractivity contribution in [2.75, 3.05) is 0 Å². The number of amides is 1. The lowest BCUT2D eigenvalue weighted by Crippen LogP contribution is -2.39. The van der Waals surface area contributed by atoms with Crippen molar-refractivity contribution in [1.29, 1.82) is 0 Å². The Hall–Kier alpha value is -1.74. The minimum atomic E-state index is -0.00110. The fraction of sp³-hybridized carbons (Fsp3) is 0.278. The Morgan fingerprint density at radius 1 is 1.05 bits per heavy atom. The number of rotatable bonds is 5. The molecule has 21 heavy (non-hydrogen) atoms. The fourth-order valence-electron chi connectivity index (χ4n) is 2.42. The second kappa shape index (κ2) is 7.32. The highest BCUT2D eigenvalue weighted by Gasteiger charge is 2.24. The van der Waals surface area contributed by atoms with E-state index in [1.165, 1.54) is 0 Å². The van der Waals surface area contributed by atoms with Crippen LogP contribution in [0.5, 0.6) is 0 Å². The molecule has 0 aliphatic carbocycles. The van der Waals surface area contributed by atoms with Gasteiger partial charge in [0.2, 0.25) is 5.91 Å². The molecule has 0 N–H and O–H groups in total. The van der Waals surface area contributed by atoms with Gasteiger partial charge in [-0.05, 0) is 18.1 Å². The average molecular weight is 299 g/mol. The van der Waals surface area contributed by atoms with E-state index in [1.54, 1.807) is 6.92 Å². The summed E-state index contributed by atoms with van der Waals surface area (Å²) in [6.07, 6.45) is 0. The zero-order chi connectivity index (χ0) is 15.2. The topological polar surface area (TPSA) is 20.3 Å². The third-order valence-electron chi connectivity index (χ3n) is 3.69. The first-order valence-corrected chi connectivity index (χ1v) is 7.65. The van der Waals surface area contributed by atoms with E-state index in [2.05, 4.69) is 19.1 Å². The molecule has 3 heteroatoms. The maximum absolute atomic E-state index is 12.0. The second-order valence-corrected chi connectivity index (χ2v) is 5.78. The molecule has 1 amide bonds. The standard InChI is InChI=1S/C18H21NOS/c1-14(18(21)17-11-7-4-8-12-17)19(15(2)20)13-16-9-5-3-6-10-16/h3-12,14,18,21H,13H2,1-2H3/t14-,18-/m0/s1. The van der Waals surface area contributed by atoms with E-state index in [0.29, 0.717) is 6.54 Å². The molecule has 0 saturated carbocycles. The van der Waals surface area contributed by atoms with Gasteiger partial charge in [0.15, 0.2) is 0 Å². The van der Waals surface area contributed by atoms with Crippen molar-refractivity contribution in [1.82, 2.24) is 4.90 Å². The van der Waals surface area contributed by atoms with E-state index in [0.717, 1.165) is 11.1 Å². The maximum atomic E-state index is 12.0. The quantitative estimate of drug-likeness (QED) is 0.824. The van der Waals surface area contributed by atoms with Crippen molar-refractivity contribution in [3.63, 3.8) is 0 Å². The highest BCUT2D eigenvalue weighted by molar-refractivity contribution is 7.80. The van der Waals surface area contributed by atoms with Gasteiger partial charge in [-0.15, -0.1) is 0 Å². The highest BCUT2D eigenvalue weighted by Crippen LogP contribution is 2.28. The monoisotopic (exact) mass is 299 g/mol. The third kappa shape index (κ3) is 4.11. The summed E-state index contributed by atoms with van der Waals surface area (Å²) in [5.41, 5.74) is 2.26. The van der Waals surface area contributed by atoms with E-state index < -0.39 is 0 Å². The molecule has 0 heterocycles. The molecular formula is C18H21NOS. The van der Waals surface area contributed by atoms with E-state index in [4.69, 9.17) is 12.6 Å². The number of hydrogen-bond acceptors (Lipinski definition) is 2. The average Bonchev–Trinajstić information content (AvgIpc) is 2.53. The molecule has 2 nitrogen and oxygen atoms in total. The minimum Gasteiger partial charge on any atom is -0.334 e. The summed E-state index contributed by atoms with van der Waals surface area (Å²) in [6, 6.07) is 20.2. The molecule has 0 aliphatic heterocycles. The van der Waals surface area contributed by atoms with Crippen molar-refractivity contribution >= 4 is 18.5 Å². The zero-order valence-corrected chi connectivity index (χ0v) is 13.3. The maximum Gasteiger partial charge on any atom is 0.220 e. The molecule has 0 spiro atoms. The molecule has 0 radical (unpaired) electrons. The van der Waals surface area contributed by atoms with Gasteiger partial charge in [-0.1, -0.05) is 60.7 Å². The van der Waals surface area contributed by atoms with Gasteiger partial charge in [-0.3, -0.25) is 4.79 Å². The van der Waals surface area contributed by atoms with Gasteiger partial charge in [-0.2, -0.15) is 12.6 Å². The van der Waals surface area contributed by atoms with Gasteiger partial charge in [0, 0.05) is 24.8 Å². The van der Waals surface area contributed by atoms with Gasteiger partial charge in [0.1, 0.15) is 0 Å². The number of benzene rings is 2. The van der Waals surface area contributed by atoms with E-state index in [1.807, 2.05) is 53.4 Å². The summed E-state index contributed by atoms with van der Waals surface area (Å²) < 4.78 is 0. The summed E-state index contributed by atoms with van der Waals surface area (Å²) in [4.78, 5) is 13.9. The van der Waals surface area contributed by atoms with Crippen molar-refractivity contribution in [2.45, 2.75) is 31.7 Å². The van der Waals surface area contributed by atoms with Crippen LogP contribution in [-0.2, 0) is 11.3 Å². The van der Waals surface area contributed by atoms with Crippen LogP contribution in [0.2, 0.25) is 0 Å². The Labute approximate surface area is 132 Å². The van der Waals surface area contributed by atoms with Crippen LogP contribution in [0.1, 0.15) is 30.2 Å². The van der Waals surface area contributed by atoms with Crippen LogP contribution in [0.25, 0.3) is 0 Å². The summed E-state index contributed by atoms with van der Waals surface area (Å²) in [5.74, 6) is 0.0707. The lowest BCUT2D eigenvalue weighted by molar-refractivity contribution is -0.131. The van der Waals surface area contributed by atoms with Crippen LogP contribution in [0, 0.1) is 0 Å². The van der Waals surface area contributed by atoms with E-state index >= 15 is 0 Å². The predicted molar refractivity (Wildman–Crippen MR) is 90.3 cm³/mol. The highest BCUT2D eigenvalue weighted by atomic mass is 32.1. The summed E-state index contributed by atoms with van der Waals surface area (Å²) in [6.45, 7) is 4.28. The molecule has 2 aromatic carbocycles. The first-order chi connectivity index (χ1) is 10.1. The smallest absolute Gasteiger partial charge is 0.220 e. The van der Waals surface area contributed by atoms with Crippen LogP contribution in [-0.4, -0.2) is 16.8 Å². The fourth-order valence-corrected chi connectivity index (χ4v) is 2.75. The third-order valence-corrected chi connectivity index (χ3v) is 4.42. The Bertz CT molecular complexity index is 570. The molecule has 0 fully saturated rings. The summed E-state index contributed by atoms with van der Waals surface area (Å²) in [5, 5.41) is -0.00110. The Balaban J connectivity index is 2.16. The number of carbonyl (C=O) groups excluding carboxylic acids is 1. The van der Waals surface area contributed by atoms with Crippen LogP contribution in [0.4, 0.5) is 0 Å². The van der Waals surface area contributed by atoms with Crippen LogP contribution in [0.15, 0.2) is 60.7 Å². The molecule has 2 aromatic rings. The normalized spacial score (nSPS) is 13.5. The van der Waals surface area contributed by atoms with Gasteiger partial charge < -0.3 is 4.90 Å². The molecule has 2 rings (SSSR count). The summed E-state index contributed by atoms with van der Waals surface area (Å²) >= 11 is 4.72. The Kier molecular flexibility index (Phi) is 5.45. The Morgan fingerprint density at radius 2 is 1.57 bits per heavy atom. The lowest BCUT2D eigenvalue weighted by atomic mass is 10.0. The molecule has 0 saturated heterocycles. The van der Waals surface area contributed by atoms with Crippen LogP contribution >= 0.6 is 12.6 Å². The van der Waals surface area contributed by atoms with E-state index in [9.17, 15) is 4.79 Å². The molecule has 110 valence electrons. The van der Waals surface area contributed by atoms with Crippen LogP contribution in [0.3, 0.4) is 0 Å². The molecule has 0 aliphatic rings. The number of nitrogens with zero attached hydrogens (tertiary/aromatic N) is 1.